The van der Waals surface area contributed by atoms with Gasteiger partial charge in [0.15, 0.2) is 0 Å². The van der Waals surface area contributed by atoms with Crippen molar-refractivity contribution in [1.29, 1.82) is 0 Å². The van der Waals surface area contributed by atoms with Crippen LogP contribution in [0.1, 0.15) is 21.7 Å². The first-order valence-electron chi connectivity index (χ1n) is 8.88. The Bertz CT molecular complexity index is 939. The van der Waals surface area contributed by atoms with Gasteiger partial charge >= 0.3 is 0 Å². The highest BCUT2D eigenvalue weighted by Gasteiger charge is 2.25. The second-order valence-corrected chi connectivity index (χ2v) is 6.95. The molecule has 0 bridgehead atoms. The summed E-state index contributed by atoms with van der Waals surface area (Å²) in [6.45, 7) is 3.47. The molecule has 0 aliphatic heterocycles. The Labute approximate surface area is 168 Å². The van der Waals surface area contributed by atoms with E-state index in [4.69, 9.17) is 16.1 Å². The molecule has 3 aromatic rings. The Morgan fingerprint density at radius 3 is 2.68 bits per heavy atom. The molecule has 5 nitrogen and oxygen atoms in total. The molecule has 0 atom stereocenters. The molecule has 0 spiro atoms. The lowest BCUT2D eigenvalue weighted by Crippen LogP contribution is -2.33. The number of hydrogen-bond acceptors (Lipinski definition) is 4. The molecule has 1 heterocycles. The Morgan fingerprint density at radius 1 is 1.21 bits per heavy atom. The molecule has 0 aliphatic carbocycles. The number of likely N-dealkylation sites (N-methyl/N-ethyl adjacent to an activating group) is 1. The van der Waals surface area contributed by atoms with Gasteiger partial charge in [0.1, 0.15) is 22.8 Å². The average Bonchev–Trinajstić information content (AvgIpc) is 3.03. The molecule has 7 heteroatoms. The van der Waals surface area contributed by atoms with E-state index in [2.05, 4.69) is 27.5 Å². The van der Waals surface area contributed by atoms with Crippen LogP contribution in [-0.2, 0) is 6.54 Å². The summed E-state index contributed by atoms with van der Waals surface area (Å²) in [4.78, 5) is 14.8. The molecule has 0 saturated carbocycles. The smallest absolute Gasteiger partial charge is 0.257 e. The lowest BCUT2D eigenvalue weighted by molar-refractivity contribution is 0.0948. The fourth-order valence-electron chi connectivity index (χ4n) is 2.96. The zero-order chi connectivity index (χ0) is 20.1. The van der Waals surface area contributed by atoms with Gasteiger partial charge in [0, 0.05) is 19.6 Å². The number of benzene rings is 2. The Balaban J connectivity index is 1.66. The second-order valence-electron chi connectivity index (χ2n) is 6.54. The maximum absolute atomic E-state index is 14.2. The van der Waals surface area contributed by atoms with E-state index in [1.165, 1.54) is 17.7 Å². The SMILES string of the molecule is Cc1onc(-c2c(F)cccc2Cl)c1C(=O)NCCN(C)Cc1ccccc1. The molecule has 3 rings (SSSR count). The van der Waals surface area contributed by atoms with Crippen molar-refractivity contribution in [2.24, 2.45) is 0 Å². The van der Waals surface area contributed by atoms with E-state index >= 15 is 0 Å². The van der Waals surface area contributed by atoms with Crippen LogP contribution in [0.4, 0.5) is 4.39 Å². The number of rotatable bonds is 7. The molecular formula is C21H21ClFN3O2. The van der Waals surface area contributed by atoms with Crippen LogP contribution in [0.5, 0.6) is 0 Å². The van der Waals surface area contributed by atoms with Crippen molar-refractivity contribution < 1.29 is 13.7 Å². The van der Waals surface area contributed by atoms with Crippen LogP contribution in [0, 0.1) is 12.7 Å². The number of halogens is 2. The molecule has 2 aromatic carbocycles. The zero-order valence-corrected chi connectivity index (χ0v) is 16.5. The second kappa shape index (κ2) is 8.99. The molecule has 0 radical (unpaired) electrons. The highest BCUT2D eigenvalue weighted by Crippen LogP contribution is 2.33. The number of aryl methyl sites for hydroxylation is 1. The molecule has 1 amide bonds. The van der Waals surface area contributed by atoms with E-state index in [0.717, 1.165) is 6.54 Å². The summed E-state index contributed by atoms with van der Waals surface area (Å²) in [5.41, 5.74) is 1.56. The third kappa shape index (κ3) is 4.58. The number of hydrogen-bond donors (Lipinski definition) is 1. The first-order valence-corrected chi connectivity index (χ1v) is 9.26. The standard InChI is InChI=1S/C21H21ClFN3O2/c1-14-18(20(25-28-14)19-16(22)9-6-10-17(19)23)21(27)24-11-12-26(2)13-15-7-4-3-5-8-15/h3-10H,11-13H2,1-2H3,(H,24,27). The summed E-state index contributed by atoms with van der Waals surface area (Å²) in [7, 11) is 1.98. The zero-order valence-electron chi connectivity index (χ0n) is 15.7. The van der Waals surface area contributed by atoms with Gasteiger partial charge in [-0.15, -0.1) is 0 Å². The van der Waals surface area contributed by atoms with Crippen LogP contribution in [0.15, 0.2) is 53.1 Å². The Kier molecular flexibility index (Phi) is 6.44. The van der Waals surface area contributed by atoms with E-state index < -0.39 is 5.82 Å². The molecule has 146 valence electrons. The predicted molar refractivity (Wildman–Crippen MR) is 107 cm³/mol. The van der Waals surface area contributed by atoms with Gasteiger partial charge in [0.2, 0.25) is 0 Å². The van der Waals surface area contributed by atoms with Gasteiger partial charge in [0.05, 0.1) is 10.6 Å². The van der Waals surface area contributed by atoms with E-state index in [9.17, 15) is 9.18 Å². The van der Waals surface area contributed by atoms with Crippen molar-refractivity contribution in [2.45, 2.75) is 13.5 Å². The summed E-state index contributed by atoms with van der Waals surface area (Å²) in [6, 6.07) is 14.4. The maximum Gasteiger partial charge on any atom is 0.257 e. The van der Waals surface area contributed by atoms with Crippen LogP contribution in [0.25, 0.3) is 11.3 Å². The van der Waals surface area contributed by atoms with Crippen LogP contribution >= 0.6 is 11.6 Å². The summed E-state index contributed by atoms with van der Waals surface area (Å²) >= 11 is 6.11. The lowest BCUT2D eigenvalue weighted by atomic mass is 10.0. The quantitative estimate of drug-likeness (QED) is 0.641. The fraction of sp³-hybridized carbons (Fsp3) is 0.238. The number of nitrogens with zero attached hydrogens (tertiary/aromatic N) is 2. The minimum absolute atomic E-state index is 0.0624. The van der Waals surface area contributed by atoms with Crippen molar-refractivity contribution in [2.75, 3.05) is 20.1 Å². The summed E-state index contributed by atoms with van der Waals surface area (Å²) < 4.78 is 19.4. The van der Waals surface area contributed by atoms with Gasteiger partial charge in [-0.1, -0.05) is 53.2 Å². The fourth-order valence-corrected chi connectivity index (χ4v) is 3.21. The van der Waals surface area contributed by atoms with Gasteiger partial charge in [-0.3, -0.25) is 4.79 Å². The Hall–Kier alpha value is -2.70. The largest absolute Gasteiger partial charge is 0.360 e. The minimum Gasteiger partial charge on any atom is -0.360 e. The number of nitrogens with one attached hydrogen (secondary N) is 1. The van der Waals surface area contributed by atoms with Crippen LogP contribution < -0.4 is 5.32 Å². The molecule has 0 aliphatic rings. The highest BCUT2D eigenvalue weighted by atomic mass is 35.5. The van der Waals surface area contributed by atoms with Gasteiger partial charge in [-0.05, 0) is 31.7 Å². The third-order valence-corrected chi connectivity index (χ3v) is 4.68. The first-order chi connectivity index (χ1) is 13.5. The number of amides is 1. The van der Waals surface area contributed by atoms with E-state index in [-0.39, 0.29) is 27.8 Å². The van der Waals surface area contributed by atoms with Crippen LogP contribution in [0.3, 0.4) is 0 Å². The van der Waals surface area contributed by atoms with E-state index in [1.807, 2.05) is 25.2 Å². The van der Waals surface area contributed by atoms with Crippen molar-refractivity contribution in [3.63, 3.8) is 0 Å². The molecule has 0 fully saturated rings. The molecule has 0 unspecified atom stereocenters. The number of carbonyl (C=O) groups is 1. The van der Waals surface area contributed by atoms with Crippen LogP contribution in [0.2, 0.25) is 5.02 Å². The number of aromatic nitrogens is 1. The predicted octanol–water partition coefficient (Wildman–Crippen LogP) is 4.30. The summed E-state index contributed by atoms with van der Waals surface area (Å²) in [5, 5.41) is 6.87. The molecular weight excluding hydrogens is 381 g/mol. The molecule has 28 heavy (non-hydrogen) atoms. The Morgan fingerprint density at radius 2 is 1.96 bits per heavy atom. The first kappa shape index (κ1) is 20.0. The third-order valence-electron chi connectivity index (χ3n) is 4.36. The van der Waals surface area contributed by atoms with E-state index in [0.29, 0.717) is 18.8 Å². The minimum atomic E-state index is -0.558. The van der Waals surface area contributed by atoms with Crippen molar-refractivity contribution in [3.05, 3.63) is 76.3 Å². The highest BCUT2D eigenvalue weighted by molar-refractivity contribution is 6.33. The van der Waals surface area contributed by atoms with Crippen molar-refractivity contribution in [1.82, 2.24) is 15.4 Å². The normalized spacial score (nSPS) is 11.0. The maximum atomic E-state index is 14.2. The lowest BCUT2D eigenvalue weighted by Gasteiger charge is -2.17. The van der Waals surface area contributed by atoms with Gasteiger partial charge in [-0.25, -0.2) is 4.39 Å². The van der Waals surface area contributed by atoms with Crippen LogP contribution in [-0.4, -0.2) is 36.1 Å². The molecule has 1 aromatic heterocycles. The van der Waals surface area contributed by atoms with Gasteiger partial charge in [-0.2, -0.15) is 0 Å². The van der Waals surface area contributed by atoms with Gasteiger partial charge in [0.25, 0.3) is 5.91 Å². The van der Waals surface area contributed by atoms with Gasteiger partial charge < -0.3 is 14.7 Å². The number of carbonyl (C=O) groups excluding carboxylic acids is 1. The molecule has 1 N–H and O–H groups in total. The summed E-state index contributed by atoms with van der Waals surface area (Å²) in [5.74, 6) is -0.622. The average molecular weight is 402 g/mol. The van der Waals surface area contributed by atoms with Crippen molar-refractivity contribution >= 4 is 17.5 Å². The molecule has 0 saturated heterocycles. The van der Waals surface area contributed by atoms with Crippen molar-refractivity contribution in [3.8, 4) is 11.3 Å². The summed E-state index contributed by atoms with van der Waals surface area (Å²) in [6.07, 6.45) is 0. The van der Waals surface area contributed by atoms with E-state index in [1.54, 1.807) is 13.0 Å². The monoisotopic (exact) mass is 401 g/mol. The topological polar surface area (TPSA) is 58.4 Å².